The van der Waals surface area contributed by atoms with Crippen LogP contribution in [0.1, 0.15) is 59.6 Å². The fourth-order valence-electron chi connectivity index (χ4n) is 1.86. The molecule has 0 fully saturated rings. The van der Waals surface area contributed by atoms with Crippen LogP contribution >= 0.6 is 17.0 Å². The van der Waals surface area contributed by atoms with Crippen LogP contribution in [0.25, 0.3) is 0 Å². The van der Waals surface area contributed by atoms with Crippen molar-refractivity contribution in [1.82, 2.24) is 0 Å². The normalized spacial score (nSPS) is 12.0. The van der Waals surface area contributed by atoms with Crippen LogP contribution in [0.15, 0.2) is 17.1 Å². The first-order valence-electron chi connectivity index (χ1n) is 6.82. The van der Waals surface area contributed by atoms with Crippen LogP contribution in [0.4, 0.5) is 5.69 Å². The molecule has 0 radical (unpaired) electrons. The van der Waals surface area contributed by atoms with Gasteiger partial charge in [-0.2, -0.15) is 0 Å². The number of aliphatic imine (C=N–C) groups is 1. The SMILES string of the molecule is CC=Nc1cc(C(C)(C)C)cc(C(C)(C)C)c1O.[Cl][Zr][Cl]. The first-order valence-corrected chi connectivity index (χ1v) is 13.1. The van der Waals surface area contributed by atoms with Crippen LogP contribution in [0.3, 0.4) is 0 Å². The van der Waals surface area contributed by atoms with Gasteiger partial charge >= 0.3 is 37.9 Å². The van der Waals surface area contributed by atoms with Gasteiger partial charge in [0.05, 0.1) is 0 Å². The van der Waals surface area contributed by atoms with Crippen LogP contribution in [0, 0.1) is 0 Å². The van der Waals surface area contributed by atoms with Gasteiger partial charge in [-0.3, -0.25) is 4.99 Å². The summed E-state index contributed by atoms with van der Waals surface area (Å²) >= 11 is -0.826. The Labute approximate surface area is 147 Å². The molecule has 0 aromatic heterocycles. The number of hydrogen-bond donors (Lipinski definition) is 1. The number of hydrogen-bond acceptors (Lipinski definition) is 2. The van der Waals surface area contributed by atoms with Gasteiger partial charge in [0, 0.05) is 11.8 Å². The van der Waals surface area contributed by atoms with Crippen LogP contribution in [-0.4, -0.2) is 11.3 Å². The quantitative estimate of drug-likeness (QED) is 0.560. The standard InChI is InChI=1S/C16H25NO.2ClH.Zr/c1-8-17-13-10-11(15(2,3)4)9-12(14(13)18)16(5,6)7;;;/h8-10,18H,1-7H3;2*1H;/q;;;+2/p-2. The third kappa shape index (κ3) is 6.84. The van der Waals surface area contributed by atoms with Gasteiger partial charge in [-0.25, -0.2) is 0 Å². The van der Waals surface area contributed by atoms with E-state index in [9.17, 15) is 5.11 Å². The second-order valence-corrected chi connectivity index (χ2v) is 10.6. The van der Waals surface area contributed by atoms with Crippen LogP contribution in [0.2, 0.25) is 0 Å². The summed E-state index contributed by atoms with van der Waals surface area (Å²) in [4.78, 5) is 4.28. The summed E-state index contributed by atoms with van der Waals surface area (Å²) in [5, 5.41) is 10.3. The Balaban J connectivity index is 0.00000122. The number of benzene rings is 1. The molecule has 5 heteroatoms. The van der Waals surface area contributed by atoms with E-state index in [4.69, 9.17) is 17.0 Å². The number of phenols is 1. The summed E-state index contributed by atoms with van der Waals surface area (Å²) < 4.78 is 0. The van der Waals surface area contributed by atoms with E-state index in [1.54, 1.807) is 6.21 Å². The third-order valence-corrected chi connectivity index (χ3v) is 3.03. The molecule has 0 bridgehead atoms. The third-order valence-electron chi connectivity index (χ3n) is 3.03. The molecule has 1 N–H and O–H groups in total. The zero-order chi connectivity index (χ0) is 16.8. The van der Waals surface area contributed by atoms with Crippen molar-refractivity contribution in [2.24, 2.45) is 4.99 Å². The Bertz CT molecular complexity index is 488. The van der Waals surface area contributed by atoms with Gasteiger partial charge in [0.1, 0.15) is 11.4 Å². The molecule has 21 heavy (non-hydrogen) atoms. The number of rotatable bonds is 1. The maximum absolute atomic E-state index is 10.3. The van der Waals surface area contributed by atoms with E-state index in [1.807, 2.05) is 13.0 Å². The summed E-state index contributed by atoms with van der Waals surface area (Å²) in [6, 6.07) is 4.08. The number of aromatic hydroxyl groups is 1. The van der Waals surface area contributed by atoms with E-state index in [1.165, 1.54) is 5.56 Å². The second kappa shape index (κ2) is 8.70. The van der Waals surface area contributed by atoms with Crippen LogP contribution < -0.4 is 0 Å². The first-order chi connectivity index (χ1) is 9.48. The summed E-state index contributed by atoms with van der Waals surface area (Å²) in [5.74, 6) is 0.300. The predicted molar refractivity (Wildman–Crippen MR) is 91.0 cm³/mol. The molecule has 0 spiro atoms. The van der Waals surface area contributed by atoms with Gasteiger partial charge in [0.15, 0.2) is 0 Å². The molecule has 0 saturated carbocycles. The Morgan fingerprint density at radius 1 is 1.05 bits per heavy atom. The van der Waals surface area contributed by atoms with E-state index >= 15 is 0 Å². The molecule has 0 unspecified atom stereocenters. The molecule has 1 aromatic carbocycles. The Kier molecular flexibility index (Phi) is 8.76. The van der Waals surface area contributed by atoms with E-state index in [0.29, 0.717) is 11.4 Å². The van der Waals surface area contributed by atoms with E-state index in [0.717, 1.165) is 5.56 Å². The van der Waals surface area contributed by atoms with Crippen molar-refractivity contribution in [3.8, 4) is 5.75 Å². The second-order valence-electron chi connectivity index (χ2n) is 6.85. The van der Waals surface area contributed by atoms with Gasteiger partial charge < -0.3 is 5.11 Å². The molecule has 1 aromatic rings. The summed E-state index contributed by atoms with van der Waals surface area (Å²) in [6.45, 7) is 14.7. The van der Waals surface area contributed by atoms with Crippen molar-refractivity contribution in [2.75, 3.05) is 0 Å². The number of nitrogens with zero attached hydrogens (tertiary/aromatic N) is 1. The van der Waals surface area contributed by atoms with E-state index < -0.39 is 20.8 Å². The van der Waals surface area contributed by atoms with Crippen molar-refractivity contribution in [2.45, 2.75) is 59.3 Å². The molecular formula is C16H25Cl2NOZr. The molecule has 1 rings (SSSR count). The molecule has 0 amide bonds. The zero-order valence-corrected chi connectivity index (χ0v) is 17.9. The Morgan fingerprint density at radius 3 is 1.86 bits per heavy atom. The van der Waals surface area contributed by atoms with Crippen molar-refractivity contribution < 1.29 is 26.0 Å². The Morgan fingerprint density at radius 2 is 1.52 bits per heavy atom. The topological polar surface area (TPSA) is 32.6 Å². The Hall–Kier alpha value is 0.153. The van der Waals surface area contributed by atoms with E-state index in [-0.39, 0.29) is 10.8 Å². The van der Waals surface area contributed by atoms with Crippen LogP contribution in [0.5, 0.6) is 5.75 Å². The van der Waals surface area contributed by atoms with Gasteiger partial charge in [-0.15, -0.1) is 0 Å². The van der Waals surface area contributed by atoms with Gasteiger partial charge in [-0.1, -0.05) is 47.6 Å². The van der Waals surface area contributed by atoms with Gasteiger partial charge in [0.2, 0.25) is 0 Å². The summed E-state index contributed by atoms with van der Waals surface area (Å²) in [7, 11) is 9.87. The number of phenolic OH excluding ortho intramolecular Hbond substituents is 1. The minimum atomic E-state index is -0.826. The summed E-state index contributed by atoms with van der Waals surface area (Å²) in [6.07, 6.45) is 1.72. The van der Waals surface area contributed by atoms with Gasteiger partial charge in [-0.05, 0) is 29.4 Å². The van der Waals surface area contributed by atoms with Crippen molar-refractivity contribution in [1.29, 1.82) is 0 Å². The fraction of sp³-hybridized carbons (Fsp3) is 0.562. The van der Waals surface area contributed by atoms with E-state index in [2.05, 4.69) is 52.6 Å². The molecule has 2 nitrogen and oxygen atoms in total. The van der Waals surface area contributed by atoms with Crippen LogP contribution in [-0.2, 0) is 31.7 Å². The van der Waals surface area contributed by atoms with Crippen molar-refractivity contribution in [3.63, 3.8) is 0 Å². The molecule has 0 saturated heterocycles. The minimum absolute atomic E-state index is 0.0473. The number of halogens is 2. The average molecular weight is 410 g/mol. The summed E-state index contributed by atoms with van der Waals surface area (Å²) in [5.41, 5.74) is 2.77. The van der Waals surface area contributed by atoms with Crippen molar-refractivity contribution in [3.05, 3.63) is 23.3 Å². The monoisotopic (exact) mass is 407 g/mol. The molecule has 0 aliphatic heterocycles. The van der Waals surface area contributed by atoms with Gasteiger partial charge in [0.25, 0.3) is 0 Å². The molecule has 0 aliphatic rings. The fourth-order valence-corrected chi connectivity index (χ4v) is 1.86. The average Bonchev–Trinajstić information content (AvgIpc) is 2.30. The molecule has 0 aliphatic carbocycles. The predicted octanol–water partition coefficient (Wildman–Crippen LogP) is 6.09. The first kappa shape index (κ1) is 21.2. The molecule has 118 valence electrons. The maximum atomic E-state index is 10.3. The molecular weight excluding hydrogens is 384 g/mol. The zero-order valence-electron chi connectivity index (χ0n) is 13.9. The molecule has 0 heterocycles. The van der Waals surface area contributed by atoms with Crippen molar-refractivity contribution >= 4 is 28.9 Å². The molecule has 0 atom stereocenters.